The highest BCUT2D eigenvalue weighted by Crippen LogP contribution is 2.22. The van der Waals surface area contributed by atoms with Crippen LogP contribution in [0.15, 0.2) is 23.2 Å². The van der Waals surface area contributed by atoms with Gasteiger partial charge in [-0.25, -0.2) is 13.4 Å². The number of rotatable bonds is 4. The molecule has 1 aromatic rings. The molecule has 0 bridgehead atoms. The highest BCUT2D eigenvalue weighted by Gasteiger charge is 2.36. The van der Waals surface area contributed by atoms with Gasteiger partial charge in [-0.2, -0.15) is 17.5 Å². The first-order valence-corrected chi connectivity index (χ1v) is 6.39. The average Bonchev–Trinajstić information content (AvgIpc) is 2.24. The molecule has 18 heavy (non-hydrogen) atoms. The first kappa shape index (κ1) is 14.7. The van der Waals surface area contributed by atoms with E-state index in [2.05, 4.69) is 4.98 Å². The number of halogens is 3. The van der Waals surface area contributed by atoms with Crippen molar-refractivity contribution in [1.29, 1.82) is 0 Å². The predicted octanol–water partition coefficient (Wildman–Crippen LogP) is 1.24. The molecule has 0 aromatic carbocycles. The number of hydrogen-bond donors (Lipinski definition) is 1. The van der Waals surface area contributed by atoms with Crippen molar-refractivity contribution in [3.63, 3.8) is 0 Å². The lowest BCUT2D eigenvalue weighted by Crippen LogP contribution is -2.38. The molecular formula is C9H12F3N3O2S. The first-order chi connectivity index (χ1) is 8.16. The maximum atomic E-state index is 12.3. The van der Waals surface area contributed by atoms with Crippen molar-refractivity contribution in [1.82, 2.24) is 9.29 Å². The predicted molar refractivity (Wildman–Crippen MR) is 59.1 cm³/mol. The molecular weight excluding hydrogens is 271 g/mol. The van der Waals surface area contributed by atoms with Crippen LogP contribution >= 0.6 is 0 Å². The van der Waals surface area contributed by atoms with Crippen LogP contribution in [0.25, 0.3) is 0 Å². The molecule has 2 N–H and O–H groups in total. The summed E-state index contributed by atoms with van der Waals surface area (Å²) in [6.45, 7) is -0.494. The van der Waals surface area contributed by atoms with Crippen LogP contribution < -0.4 is 5.73 Å². The molecule has 0 radical (unpaired) electrons. The fourth-order valence-corrected chi connectivity index (χ4v) is 2.76. The highest BCUT2D eigenvalue weighted by atomic mass is 32.2. The Kier molecular flexibility index (Phi) is 4.17. The summed E-state index contributed by atoms with van der Waals surface area (Å²) in [5.41, 5.74) is 5.31. The lowest BCUT2D eigenvalue weighted by atomic mass is 10.5. The number of pyridine rings is 1. The number of aromatic nitrogens is 1. The van der Waals surface area contributed by atoms with E-state index in [-0.39, 0.29) is 17.3 Å². The van der Waals surface area contributed by atoms with E-state index in [1.807, 2.05) is 0 Å². The molecule has 1 heterocycles. The Bertz CT molecular complexity index is 516. The van der Waals surface area contributed by atoms with Crippen molar-refractivity contribution in [2.24, 2.45) is 0 Å². The molecule has 0 saturated carbocycles. The van der Waals surface area contributed by atoms with Gasteiger partial charge in [-0.3, -0.25) is 0 Å². The van der Waals surface area contributed by atoms with Gasteiger partial charge in [0.05, 0.1) is 4.90 Å². The van der Waals surface area contributed by atoms with Crippen molar-refractivity contribution in [2.45, 2.75) is 18.0 Å². The molecule has 102 valence electrons. The molecule has 0 unspecified atom stereocenters. The largest absolute Gasteiger partial charge is 0.402 e. The number of alkyl halides is 3. The van der Waals surface area contributed by atoms with Crippen molar-refractivity contribution in [3.8, 4) is 0 Å². The minimum atomic E-state index is -4.60. The highest BCUT2D eigenvalue weighted by molar-refractivity contribution is 7.89. The Balaban J connectivity index is 3.11. The molecule has 1 rings (SSSR count). The second-order valence-electron chi connectivity index (χ2n) is 3.46. The van der Waals surface area contributed by atoms with Gasteiger partial charge in [-0.1, -0.05) is 6.92 Å². The van der Waals surface area contributed by atoms with Crippen molar-refractivity contribution in [2.75, 3.05) is 18.8 Å². The summed E-state index contributed by atoms with van der Waals surface area (Å²) < 4.78 is 61.0. The Morgan fingerprint density at radius 3 is 2.50 bits per heavy atom. The van der Waals surface area contributed by atoms with Gasteiger partial charge in [0.15, 0.2) is 0 Å². The normalized spacial score (nSPS) is 12.9. The van der Waals surface area contributed by atoms with Crippen molar-refractivity contribution >= 4 is 15.8 Å². The minimum absolute atomic E-state index is 0.0702. The van der Waals surface area contributed by atoms with Gasteiger partial charge >= 0.3 is 6.18 Å². The minimum Gasteiger partial charge on any atom is -0.384 e. The Hall–Kier alpha value is -1.35. The quantitative estimate of drug-likeness (QED) is 0.902. The first-order valence-electron chi connectivity index (χ1n) is 4.95. The van der Waals surface area contributed by atoms with Gasteiger partial charge in [-0.15, -0.1) is 0 Å². The smallest absolute Gasteiger partial charge is 0.384 e. The molecule has 9 heteroatoms. The summed E-state index contributed by atoms with van der Waals surface area (Å²) in [7, 11) is -4.21. The summed E-state index contributed by atoms with van der Waals surface area (Å²) in [4.78, 5) is 3.28. The van der Waals surface area contributed by atoms with Crippen LogP contribution in [0.2, 0.25) is 0 Å². The zero-order chi connectivity index (χ0) is 14.0. The number of nitrogens with zero attached hydrogens (tertiary/aromatic N) is 2. The third-order valence-electron chi connectivity index (χ3n) is 2.10. The van der Waals surface area contributed by atoms with E-state index in [4.69, 9.17) is 5.73 Å². The van der Waals surface area contributed by atoms with E-state index >= 15 is 0 Å². The molecule has 0 aliphatic heterocycles. The van der Waals surface area contributed by atoms with Gasteiger partial charge in [0.25, 0.3) is 0 Å². The molecule has 0 aliphatic carbocycles. The average molecular weight is 283 g/mol. The third-order valence-corrected chi connectivity index (χ3v) is 4.02. The summed E-state index contributed by atoms with van der Waals surface area (Å²) in [6.07, 6.45) is -3.47. The lowest BCUT2D eigenvalue weighted by Gasteiger charge is -2.21. The summed E-state index contributed by atoms with van der Waals surface area (Å²) in [6, 6.07) is 2.12. The zero-order valence-electron chi connectivity index (χ0n) is 9.48. The van der Waals surface area contributed by atoms with E-state index in [0.29, 0.717) is 4.31 Å². The van der Waals surface area contributed by atoms with Gasteiger partial charge in [-0.05, 0) is 6.07 Å². The van der Waals surface area contributed by atoms with E-state index in [9.17, 15) is 21.6 Å². The molecule has 0 saturated heterocycles. The van der Waals surface area contributed by atoms with Gasteiger partial charge < -0.3 is 5.73 Å². The fraction of sp³-hybridized carbons (Fsp3) is 0.444. The molecule has 0 amide bonds. The van der Waals surface area contributed by atoms with Crippen LogP contribution in [0.1, 0.15) is 6.92 Å². The molecule has 0 fully saturated rings. The maximum Gasteiger partial charge on any atom is 0.402 e. The standard InChI is InChI=1S/C9H12F3N3O2S/c1-2-15(6-9(10,11)12)18(16,17)7-3-4-14-8(13)5-7/h3-5H,2,6H2,1H3,(H2,13,14). The summed E-state index contributed by atoms with van der Waals surface area (Å²) >= 11 is 0. The lowest BCUT2D eigenvalue weighted by molar-refractivity contribution is -0.135. The van der Waals surface area contributed by atoms with Crippen LogP contribution in [0.3, 0.4) is 0 Å². The Labute approximate surface area is 102 Å². The fourth-order valence-electron chi connectivity index (χ4n) is 1.30. The number of hydrogen-bond acceptors (Lipinski definition) is 4. The second-order valence-corrected chi connectivity index (χ2v) is 5.40. The number of nitrogens with two attached hydrogens (primary N) is 1. The van der Waals surface area contributed by atoms with E-state index in [0.717, 1.165) is 18.3 Å². The second kappa shape index (κ2) is 5.11. The molecule has 5 nitrogen and oxygen atoms in total. The Morgan fingerprint density at radius 1 is 1.44 bits per heavy atom. The van der Waals surface area contributed by atoms with Crippen LogP contribution in [0, 0.1) is 0 Å². The number of nitrogen functional groups attached to an aromatic ring is 1. The molecule has 0 aliphatic rings. The van der Waals surface area contributed by atoms with Crippen molar-refractivity contribution in [3.05, 3.63) is 18.3 Å². The number of sulfonamides is 1. The topological polar surface area (TPSA) is 76.3 Å². The molecule has 0 atom stereocenters. The van der Waals surface area contributed by atoms with Gasteiger partial charge in [0.2, 0.25) is 10.0 Å². The van der Waals surface area contributed by atoms with Crippen LogP contribution in [0.4, 0.5) is 19.0 Å². The molecule has 1 aromatic heterocycles. The maximum absolute atomic E-state index is 12.3. The SMILES string of the molecule is CCN(CC(F)(F)F)S(=O)(=O)c1ccnc(N)c1. The van der Waals surface area contributed by atoms with Gasteiger partial charge in [0.1, 0.15) is 12.4 Å². The third kappa shape index (κ3) is 3.57. The van der Waals surface area contributed by atoms with Gasteiger partial charge in [0, 0.05) is 18.8 Å². The summed E-state index contributed by atoms with van der Waals surface area (Å²) in [5, 5.41) is 0. The number of anilines is 1. The van der Waals surface area contributed by atoms with Crippen LogP contribution in [-0.2, 0) is 10.0 Å². The van der Waals surface area contributed by atoms with E-state index in [1.54, 1.807) is 0 Å². The monoisotopic (exact) mass is 283 g/mol. The van der Waals surface area contributed by atoms with Crippen LogP contribution in [0.5, 0.6) is 0 Å². The zero-order valence-corrected chi connectivity index (χ0v) is 10.3. The Morgan fingerprint density at radius 2 is 2.06 bits per heavy atom. The van der Waals surface area contributed by atoms with E-state index in [1.165, 1.54) is 6.92 Å². The van der Waals surface area contributed by atoms with Crippen LogP contribution in [-0.4, -0.2) is 37.0 Å². The van der Waals surface area contributed by atoms with E-state index < -0.39 is 22.7 Å². The van der Waals surface area contributed by atoms with Crippen molar-refractivity contribution < 1.29 is 21.6 Å². The summed E-state index contributed by atoms with van der Waals surface area (Å²) in [5.74, 6) is -0.0702. The molecule has 0 spiro atoms.